The van der Waals surface area contributed by atoms with Crippen molar-refractivity contribution in [2.45, 2.75) is 25.7 Å². The Bertz CT molecular complexity index is 517. The highest BCUT2D eigenvalue weighted by molar-refractivity contribution is 9.10. The second kappa shape index (κ2) is 6.12. The van der Waals surface area contributed by atoms with Crippen LogP contribution in [0.5, 0.6) is 0 Å². The molecule has 0 aliphatic rings. The Hall–Kier alpha value is -0.460. The minimum absolute atomic E-state index is 0.00861. The lowest BCUT2D eigenvalue weighted by Crippen LogP contribution is -2.34. The van der Waals surface area contributed by atoms with Crippen LogP contribution in [-0.4, -0.2) is 25.8 Å². The smallest absolute Gasteiger partial charge is 0.207 e. The van der Waals surface area contributed by atoms with Crippen molar-refractivity contribution in [2.24, 2.45) is 5.92 Å². The number of hydrogen-bond donors (Lipinski definition) is 0. The van der Waals surface area contributed by atoms with Crippen molar-refractivity contribution in [1.29, 1.82) is 0 Å². The summed E-state index contributed by atoms with van der Waals surface area (Å²) in [7, 11) is -3.61. The zero-order valence-corrected chi connectivity index (χ0v) is 13.1. The summed E-state index contributed by atoms with van der Waals surface area (Å²) in [4.78, 5) is -0.00861. The molecule has 1 aromatic rings. The zero-order chi connectivity index (χ0) is 13.9. The summed E-state index contributed by atoms with van der Waals surface area (Å²) >= 11 is 3.01. The number of halogens is 2. The van der Waals surface area contributed by atoms with Crippen LogP contribution >= 0.6 is 15.9 Å². The van der Waals surface area contributed by atoms with Gasteiger partial charge in [-0.1, -0.05) is 20.8 Å². The van der Waals surface area contributed by atoms with E-state index in [4.69, 9.17) is 0 Å². The molecule has 1 aromatic carbocycles. The fourth-order valence-corrected chi connectivity index (χ4v) is 3.46. The highest BCUT2D eigenvalue weighted by atomic mass is 79.9. The monoisotopic (exact) mass is 337 g/mol. The molecule has 0 radical (unpaired) electrons. The van der Waals surface area contributed by atoms with E-state index in [0.717, 1.165) is 6.07 Å². The van der Waals surface area contributed by atoms with Crippen LogP contribution in [0.25, 0.3) is 0 Å². The molecular formula is C12H17BrFNO2S. The zero-order valence-electron chi connectivity index (χ0n) is 10.7. The normalized spacial score (nSPS) is 12.4. The van der Waals surface area contributed by atoms with Crippen LogP contribution in [0.3, 0.4) is 0 Å². The van der Waals surface area contributed by atoms with Crippen LogP contribution in [0.4, 0.5) is 4.39 Å². The highest BCUT2D eigenvalue weighted by Crippen LogP contribution is 2.22. The molecule has 0 heterocycles. The van der Waals surface area contributed by atoms with Gasteiger partial charge < -0.3 is 0 Å². The van der Waals surface area contributed by atoms with E-state index in [1.54, 1.807) is 6.92 Å². The Morgan fingerprint density at radius 3 is 2.44 bits per heavy atom. The minimum Gasteiger partial charge on any atom is -0.207 e. The van der Waals surface area contributed by atoms with Crippen molar-refractivity contribution < 1.29 is 12.8 Å². The molecular weight excluding hydrogens is 321 g/mol. The van der Waals surface area contributed by atoms with Gasteiger partial charge >= 0.3 is 0 Å². The molecule has 0 saturated carbocycles. The van der Waals surface area contributed by atoms with Gasteiger partial charge in [0.1, 0.15) is 5.82 Å². The lowest BCUT2D eigenvalue weighted by molar-refractivity contribution is 0.380. The first-order valence-electron chi connectivity index (χ1n) is 5.74. The van der Waals surface area contributed by atoms with E-state index >= 15 is 0 Å². The Balaban J connectivity index is 3.14. The molecule has 0 atom stereocenters. The lowest BCUT2D eigenvalue weighted by atomic mass is 10.2. The maximum Gasteiger partial charge on any atom is 0.243 e. The first kappa shape index (κ1) is 15.6. The SMILES string of the molecule is CCN(CC(C)C)S(=O)(=O)c1ccc(Br)c(F)c1. The van der Waals surface area contributed by atoms with Crippen molar-refractivity contribution >= 4 is 26.0 Å². The fraction of sp³-hybridized carbons (Fsp3) is 0.500. The van der Waals surface area contributed by atoms with Gasteiger partial charge in [-0.3, -0.25) is 0 Å². The summed E-state index contributed by atoms with van der Waals surface area (Å²) in [6.07, 6.45) is 0. The molecule has 3 nitrogen and oxygen atoms in total. The molecule has 102 valence electrons. The summed E-state index contributed by atoms with van der Waals surface area (Å²) < 4.78 is 39.6. The molecule has 6 heteroatoms. The number of nitrogens with zero attached hydrogens (tertiary/aromatic N) is 1. The predicted octanol–water partition coefficient (Wildman–Crippen LogP) is 3.25. The molecule has 0 N–H and O–H groups in total. The first-order valence-corrected chi connectivity index (χ1v) is 7.97. The van der Waals surface area contributed by atoms with E-state index in [1.165, 1.54) is 16.4 Å². The third-order valence-electron chi connectivity index (χ3n) is 2.45. The van der Waals surface area contributed by atoms with Gasteiger partial charge in [0.25, 0.3) is 0 Å². The minimum atomic E-state index is -3.61. The van der Waals surface area contributed by atoms with Crippen molar-refractivity contribution in [2.75, 3.05) is 13.1 Å². The van der Waals surface area contributed by atoms with Gasteiger partial charge in [-0.05, 0) is 40.0 Å². The Kier molecular flexibility index (Phi) is 5.31. The molecule has 0 amide bonds. The Morgan fingerprint density at radius 2 is 2.00 bits per heavy atom. The standard InChI is InChI=1S/C12H17BrFNO2S/c1-4-15(8-9(2)3)18(16,17)10-5-6-11(13)12(14)7-10/h5-7,9H,4,8H2,1-3H3. The van der Waals surface area contributed by atoms with Crippen LogP contribution < -0.4 is 0 Å². The molecule has 18 heavy (non-hydrogen) atoms. The molecule has 0 aliphatic carbocycles. The van der Waals surface area contributed by atoms with E-state index in [0.29, 0.717) is 13.1 Å². The molecule has 0 saturated heterocycles. The maximum atomic E-state index is 13.4. The summed E-state index contributed by atoms with van der Waals surface area (Å²) in [5.41, 5.74) is 0. The topological polar surface area (TPSA) is 37.4 Å². The predicted molar refractivity (Wildman–Crippen MR) is 73.4 cm³/mol. The largest absolute Gasteiger partial charge is 0.243 e. The van der Waals surface area contributed by atoms with Crippen molar-refractivity contribution in [3.63, 3.8) is 0 Å². The number of hydrogen-bond acceptors (Lipinski definition) is 2. The fourth-order valence-electron chi connectivity index (χ4n) is 1.59. The van der Waals surface area contributed by atoms with Crippen molar-refractivity contribution in [1.82, 2.24) is 4.31 Å². The molecule has 0 unspecified atom stereocenters. The third-order valence-corrected chi connectivity index (χ3v) is 5.03. The summed E-state index contributed by atoms with van der Waals surface area (Å²) in [6.45, 7) is 6.46. The van der Waals surface area contributed by atoms with Gasteiger partial charge in [0.2, 0.25) is 10.0 Å². The van der Waals surface area contributed by atoms with Gasteiger partial charge in [0, 0.05) is 13.1 Å². The molecule has 0 fully saturated rings. The third kappa shape index (κ3) is 3.52. The Labute approximate surface area is 116 Å². The van der Waals surface area contributed by atoms with E-state index in [-0.39, 0.29) is 15.3 Å². The van der Waals surface area contributed by atoms with Gasteiger partial charge in [0.05, 0.1) is 9.37 Å². The number of benzene rings is 1. The summed E-state index contributed by atoms with van der Waals surface area (Å²) in [5.74, 6) is -0.350. The van der Waals surface area contributed by atoms with E-state index in [9.17, 15) is 12.8 Å². The second-order valence-electron chi connectivity index (χ2n) is 4.43. The number of sulfonamides is 1. The Morgan fingerprint density at radius 1 is 1.39 bits per heavy atom. The first-order chi connectivity index (χ1) is 8.28. The van der Waals surface area contributed by atoms with Crippen LogP contribution in [0, 0.1) is 11.7 Å². The second-order valence-corrected chi connectivity index (χ2v) is 7.22. The summed E-state index contributed by atoms with van der Waals surface area (Å²) in [6, 6.07) is 3.86. The number of rotatable bonds is 5. The lowest BCUT2D eigenvalue weighted by Gasteiger charge is -2.22. The van der Waals surface area contributed by atoms with Crippen molar-refractivity contribution in [3.05, 3.63) is 28.5 Å². The van der Waals surface area contributed by atoms with Crippen molar-refractivity contribution in [3.8, 4) is 0 Å². The van der Waals surface area contributed by atoms with Gasteiger partial charge in [0.15, 0.2) is 0 Å². The van der Waals surface area contributed by atoms with E-state index < -0.39 is 15.8 Å². The van der Waals surface area contributed by atoms with Crippen LogP contribution in [0.15, 0.2) is 27.6 Å². The average molecular weight is 338 g/mol. The quantitative estimate of drug-likeness (QED) is 0.826. The maximum absolute atomic E-state index is 13.4. The summed E-state index contributed by atoms with van der Waals surface area (Å²) in [5, 5.41) is 0. The molecule has 0 aliphatic heterocycles. The highest BCUT2D eigenvalue weighted by Gasteiger charge is 2.24. The van der Waals surface area contributed by atoms with Gasteiger partial charge in [-0.15, -0.1) is 0 Å². The average Bonchev–Trinajstić information content (AvgIpc) is 2.28. The molecule has 0 bridgehead atoms. The van der Waals surface area contributed by atoms with E-state index in [1.807, 2.05) is 13.8 Å². The molecule has 0 spiro atoms. The van der Waals surface area contributed by atoms with Gasteiger partial charge in [-0.2, -0.15) is 4.31 Å². The molecule has 0 aromatic heterocycles. The van der Waals surface area contributed by atoms with Crippen LogP contribution in [-0.2, 0) is 10.0 Å². The van der Waals surface area contributed by atoms with Crippen LogP contribution in [0.1, 0.15) is 20.8 Å². The molecule has 1 rings (SSSR count). The van der Waals surface area contributed by atoms with Gasteiger partial charge in [-0.25, -0.2) is 12.8 Å². The van der Waals surface area contributed by atoms with Crippen LogP contribution in [0.2, 0.25) is 0 Å². The van der Waals surface area contributed by atoms with E-state index in [2.05, 4.69) is 15.9 Å².